The summed E-state index contributed by atoms with van der Waals surface area (Å²) in [5.74, 6) is 0.368. The number of nitrogen functional groups attached to an aromatic ring is 1. The topological polar surface area (TPSA) is 53.1 Å². The van der Waals surface area contributed by atoms with Gasteiger partial charge in [-0.2, -0.15) is 0 Å². The van der Waals surface area contributed by atoms with Crippen LogP contribution in [0.4, 0.5) is 14.7 Å². The Balaban J connectivity index is 2.10. The van der Waals surface area contributed by atoms with Crippen molar-refractivity contribution in [3.05, 3.63) is 21.8 Å². The van der Waals surface area contributed by atoms with Crippen LogP contribution in [-0.2, 0) is 11.3 Å². The molecule has 0 amide bonds. The maximum absolute atomic E-state index is 11.9. The predicted octanol–water partition coefficient (Wildman–Crippen LogP) is 2.50. The van der Waals surface area contributed by atoms with E-state index in [0.29, 0.717) is 12.5 Å². The average Bonchev–Trinajstić information content (AvgIpc) is 2.59. The molecule has 0 atom stereocenters. The van der Waals surface area contributed by atoms with Crippen molar-refractivity contribution >= 4 is 39.6 Å². The summed E-state index contributed by atoms with van der Waals surface area (Å²) in [6, 6.07) is 5.77. The van der Waals surface area contributed by atoms with Crippen LogP contribution in [0.3, 0.4) is 0 Å². The first-order chi connectivity index (χ1) is 8.58. The number of anilines is 1. The lowest BCUT2D eigenvalue weighted by atomic mass is 10.3. The van der Waals surface area contributed by atoms with Crippen LogP contribution in [-0.4, -0.2) is 29.2 Å². The van der Waals surface area contributed by atoms with Crippen LogP contribution in [0.1, 0.15) is 0 Å². The number of fused-ring (bicyclic) bond motifs is 1. The SMILES string of the molecule is Nc1nc2cc(I)ccc2n1CCOCC(F)F. The number of hydrogen-bond donors (Lipinski definition) is 1. The molecule has 0 spiro atoms. The first-order valence-corrected chi connectivity index (χ1v) is 6.43. The number of hydrogen-bond acceptors (Lipinski definition) is 3. The van der Waals surface area contributed by atoms with E-state index in [-0.39, 0.29) is 6.61 Å². The third-order valence-corrected chi connectivity index (χ3v) is 3.11. The molecule has 0 bridgehead atoms. The molecule has 0 aliphatic rings. The van der Waals surface area contributed by atoms with Gasteiger partial charge in [0.2, 0.25) is 5.95 Å². The quantitative estimate of drug-likeness (QED) is 0.653. The molecule has 1 heterocycles. The fourth-order valence-corrected chi connectivity index (χ4v) is 2.16. The van der Waals surface area contributed by atoms with Crippen molar-refractivity contribution in [2.24, 2.45) is 0 Å². The van der Waals surface area contributed by atoms with E-state index in [1.54, 1.807) is 4.57 Å². The van der Waals surface area contributed by atoms with E-state index in [9.17, 15) is 8.78 Å². The standard InChI is InChI=1S/C11H12F2IN3O/c12-10(13)6-18-4-3-17-9-2-1-7(14)5-8(9)16-11(17)15/h1-2,5,10H,3-4,6H2,(H2,15,16). The van der Waals surface area contributed by atoms with Gasteiger partial charge in [0, 0.05) is 10.1 Å². The van der Waals surface area contributed by atoms with Crippen LogP contribution >= 0.6 is 22.6 Å². The summed E-state index contributed by atoms with van der Waals surface area (Å²) in [4.78, 5) is 4.22. The Bertz CT molecular complexity index is 544. The average molecular weight is 367 g/mol. The summed E-state index contributed by atoms with van der Waals surface area (Å²) >= 11 is 2.19. The molecule has 98 valence electrons. The Morgan fingerprint density at radius 2 is 2.22 bits per heavy atom. The van der Waals surface area contributed by atoms with Gasteiger partial charge in [0.05, 0.1) is 17.6 Å². The number of aromatic nitrogens is 2. The van der Waals surface area contributed by atoms with Gasteiger partial charge in [0.1, 0.15) is 6.61 Å². The summed E-state index contributed by atoms with van der Waals surface area (Å²) in [6.07, 6.45) is -2.44. The molecule has 1 aromatic carbocycles. The lowest BCUT2D eigenvalue weighted by Crippen LogP contribution is -2.12. The van der Waals surface area contributed by atoms with E-state index in [2.05, 4.69) is 27.6 Å². The van der Waals surface area contributed by atoms with E-state index in [4.69, 9.17) is 10.5 Å². The van der Waals surface area contributed by atoms with E-state index < -0.39 is 13.0 Å². The lowest BCUT2D eigenvalue weighted by Gasteiger charge is -2.07. The van der Waals surface area contributed by atoms with Crippen molar-refractivity contribution in [2.45, 2.75) is 13.0 Å². The maximum atomic E-state index is 11.9. The Hall–Kier alpha value is -0.960. The molecule has 0 fully saturated rings. The van der Waals surface area contributed by atoms with Crippen molar-refractivity contribution in [1.29, 1.82) is 0 Å². The zero-order valence-electron chi connectivity index (χ0n) is 9.44. The first-order valence-electron chi connectivity index (χ1n) is 5.35. The summed E-state index contributed by atoms with van der Waals surface area (Å²) < 4.78 is 31.5. The van der Waals surface area contributed by atoms with Crippen LogP contribution in [0.25, 0.3) is 11.0 Å². The van der Waals surface area contributed by atoms with Gasteiger partial charge in [0.25, 0.3) is 6.43 Å². The molecule has 7 heteroatoms. The molecule has 18 heavy (non-hydrogen) atoms. The van der Waals surface area contributed by atoms with Gasteiger partial charge in [-0.25, -0.2) is 13.8 Å². The van der Waals surface area contributed by atoms with Crippen molar-refractivity contribution in [2.75, 3.05) is 18.9 Å². The van der Waals surface area contributed by atoms with Crippen LogP contribution in [0.15, 0.2) is 18.2 Å². The normalized spacial score (nSPS) is 11.6. The molecular weight excluding hydrogens is 355 g/mol. The van der Waals surface area contributed by atoms with E-state index in [1.807, 2.05) is 18.2 Å². The second kappa shape index (κ2) is 5.79. The lowest BCUT2D eigenvalue weighted by molar-refractivity contribution is 0.0151. The Labute approximate surface area is 116 Å². The Kier molecular flexibility index (Phi) is 4.33. The summed E-state index contributed by atoms with van der Waals surface area (Å²) in [5.41, 5.74) is 7.47. The van der Waals surface area contributed by atoms with E-state index in [1.165, 1.54) is 0 Å². The van der Waals surface area contributed by atoms with Crippen LogP contribution in [0, 0.1) is 3.57 Å². The number of alkyl halides is 2. The number of imidazole rings is 1. The number of nitrogens with zero attached hydrogens (tertiary/aromatic N) is 2. The fraction of sp³-hybridized carbons (Fsp3) is 0.364. The summed E-state index contributed by atoms with van der Waals surface area (Å²) in [5, 5.41) is 0. The molecule has 1 aromatic heterocycles. The fourth-order valence-electron chi connectivity index (χ4n) is 1.68. The van der Waals surface area contributed by atoms with Gasteiger partial charge < -0.3 is 15.0 Å². The van der Waals surface area contributed by atoms with Gasteiger partial charge >= 0.3 is 0 Å². The van der Waals surface area contributed by atoms with Crippen molar-refractivity contribution in [3.8, 4) is 0 Å². The summed E-state index contributed by atoms with van der Waals surface area (Å²) in [6.45, 7) is 0.0477. The smallest absolute Gasteiger partial charge is 0.261 e. The molecule has 0 saturated carbocycles. The maximum Gasteiger partial charge on any atom is 0.261 e. The minimum absolute atomic E-state index is 0.186. The largest absolute Gasteiger partial charge is 0.374 e. The van der Waals surface area contributed by atoms with Gasteiger partial charge in [-0.1, -0.05) is 0 Å². The monoisotopic (exact) mass is 367 g/mol. The molecule has 0 unspecified atom stereocenters. The van der Waals surface area contributed by atoms with Crippen molar-refractivity contribution in [1.82, 2.24) is 9.55 Å². The third kappa shape index (κ3) is 3.08. The highest BCUT2D eigenvalue weighted by Gasteiger charge is 2.08. The van der Waals surface area contributed by atoms with E-state index in [0.717, 1.165) is 14.6 Å². The number of nitrogens with two attached hydrogens (primary N) is 1. The highest BCUT2D eigenvalue weighted by Crippen LogP contribution is 2.20. The molecule has 2 N–H and O–H groups in total. The van der Waals surface area contributed by atoms with Gasteiger partial charge in [-0.15, -0.1) is 0 Å². The number of benzene rings is 1. The minimum Gasteiger partial charge on any atom is -0.374 e. The second-order valence-electron chi connectivity index (χ2n) is 3.72. The predicted molar refractivity (Wildman–Crippen MR) is 73.7 cm³/mol. The number of ether oxygens (including phenoxy) is 1. The molecule has 0 aliphatic carbocycles. The van der Waals surface area contributed by atoms with Crippen LogP contribution in [0.5, 0.6) is 0 Å². The second-order valence-corrected chi connectivity index (χ2v) is 4.97. The third-order valence-electron chi connectivity index (χ3n) is 2.44. The molecule has 2 rings (SSSR count). The molecule has 2 aromatic rings. The highest BCUT2D eigenvalue weighted by atomic mass is 127. The number of halogens is 3. The summed E-state index contributed by atoms with van der Waals surface area (Å²) in [7, 11) is 0. The first kappa shape index (κ1) is 13.5. The van der Waals surface area contributed by atoms with Crippen LogP contribution < -0.4 is 5.73 Å². The number of rotatable bonds is 5. The highest BCUT2D eigenvalue weighted by molar-refractivity contribution is 14.1. The molecule has 0 aliphatic heterocycles. The van der Waals surface area contributed by atoms with Gasteiger partial charge in [-0.3, -0.25) is 0 Å². The minimum atomic E-state index is -2.44. The van der Waals surface area contributed by atoms with Gasteiger partial charge in [0.15, 0.2) is 0 Å². The van der Waals surface area contributed by atoms with Crippen molar-refractivity contribution < 1.29 is 13.5 Å². The molecular formula is C11H12F2IN3O. The molecule has 0 saturated heterocycles. The van der Waals surface area contributed by atoms with Crippen molar-refractivity contribution in [3.63, 3.8) is 0 Å². The Morgan fingerprint density at radius 3 is 2.94 bits per heavy atom. The zero-order valence-corrected chi connectivity index (χ0v) is 11.6. The van der Waals surface area contributed by atoms with Crippen LogP contribution in [0.2, 0.25) is 0 Å². The zero-order chi connectivity index (χ0) is 13.1. The van der Waals surface area contributed by atoms with Gasteiger partial charge in [-0.05, 0) is 40.8 Å². The van der Waals surface area contributed by atoms with E-state index >= 15 is 0 Å². The molecule has 0 radical (unpaired) electrons. The Morgan fingerprint density at radius 1 is 1.44 bits per heavy atom. The molecule has 4 nitrogen and oxygen atoms in total.